The maximum absolute atomic E-state index is 6.04. The summed E-state index contributed by atoms with van der Waals surface area (Å²) in [6, 6.07) is 14.4. The number of fused-ring (bicyclic) bond motifs is 1. The fourth-order valence-electron chi connectivity index (χ4n) is 2.08. The zero-order valence-electron chi connectivity index (χ0n) is 11.0. The van der Waals surface area contributed by atoms with Gasteiger partial charge in [0.1, 0.15) is 5.69 Å². The van der Waals surface area contributed by atoms with Crippen LogP contribution in [0.3, 0.4) is 0 Å². The average Bonchev–Trinajstić information content (AvgIpc) is 2.87. The summed E-state index contributed by atoms with van der Waals surface area (Å²) in [7, 11) is 0. The first-order chi connectivity index (χ1) is 9.05. The largest absolute Gasteiger partial charge is 0.320 e. The lowest BCUT2D eigenvalue weighted by molar-refractivity contribution is 0.533. The van der Waals surface area contributed by atoms with Crippen LogP contribution in [0, 0.1) is 0 Å². The molecule has 0 fully saturated rings. The van der Waals surface area contributed by atoms with Gasteiger partial charge in [0, 0.05) is 5.39 Å². The highest BCUT2D eigenvalue weighted by atomic mass is 15.4. The molecule has 0 radical (unpaired) electrons. The van der Waals surface area contributed by atoms with Crippen LogP contribution in [0.4, 0.5) is 0 Å². The Bertz CT molecular complexity index is 717. The van der Waals surface area contributed by atoms with Crippen molar-refractivity contribution in [2.75, 3.05) is 0 Å². The number of benzene rings is 2. The van der Waals surface area contributed by atoms with E-state index in [9.17, 15) is 0 Å². The van der Waals surface area contributed by atoms with E-state index in [1.807, 2.05) is 44.3 Å². The van der Waals surface area contributed by atoms with Crippen LogP contribution in [0.15, 0.2) is 48.7 Å². The van der Waals surface area contributed by atoms with Crippen molar-refractivity contribution >= 4 is 10.8 Å². The second kappa shape index (κ2) is 4.17. The standard InChI is InChI=1S/C15H16N4/c1-15(2,16)14-10-19(18-17-14)13-9-5-7-11-6-3-4-8-12(11)13/h3-10H,16H2,1-2H3. The minimum atomic E-state index is -0.483. The molecule has 3 rings (SSSR count). The first-order valence-electron chi connectivity index (χ1n) is 6.25. The maximum atomic E-state index is 6.04. The molecule has 0 saturated heterocycles. The van der Waals surface area contributed by atoms with Crippen molar-refractivity contribution in [1.82, 2.24) is 15.0 Å². The molecule has 0 atom stereocenters. The third-order valence-electron chi connectivity index (χ3n) is 3.17. The summed E-state index contributed by atoms with van der Waals surface area (Å²) in [6.45, 7) is 3.84. The number of hydrogen-bond acceptors (Lipinski definition) is 3. The molecule has 0 aliphatic rings. The van der Waals surface area contributed by atoms with Gasteiger partial charge in [-0.05, 0) is 25.3 Å². The summed E-state index contributed by atoms with van der Waals surface area (Å²) < 4.78 is 1.78. The Balaban J connectivity index is 2.17. The van der Waals surface area contributed by atoms with Crippen LogP contribution in [0.2, 0.25) is 0 Å². The molecular weight excluding hydrogens is 236 g/mol. The van der Waals surface area contributed by atoms with E-state index in [1.165, 1.54) is 5.39 Å². The smallest absolute Gasteiger partial charge is 0.102 e. The fourth-order valence-corrected chi connectivity index (χ4v) is 2.08. The molecule has 4 nitrogen and oxygen atoms in total. The van der Waals surface area contributed by atoms with Crippen LogP contribution in [0.1, 0.15) is 19.5 Å². The molecule has 2 aromatic carbocycles. The monoisotopic (exact) mass is 252 g/mol. The van der Waals surface area contributed by atoms with Gasteiger partial charge in [-0.1, -0.05) is 41.6 Å². The van der Waals surface area contributed by atoms with E-state index in [0.717, 1.165) is 16.8 Å². The van der Waals surface area contributed by atoms with Gasteiger partial charge >= 0.3 is 0 Å². The predicted molar refractivity (Wildman–Crippen MR) is 76.1 cm³/mol. The van der Waals surface area contributed by atoms with Crippen LogP contribution in [0.25, 0.3) is 16.5 Å². The Hall–Kier alpha value is -2.20. The average molecular weight is 252 g/mol. The van der Waals surface area contributed by atoms with Gasteiger partial charge < -0.3 is 5.73 Å². The van der Waals surface area contributed by atoms with E-state index < -0.39 is 5.54 Å². The zero-order valence-corrected chi connectivity index (χ0v) is 11.0. The first kappa shape index (κ1) is 11.9. The predicted octanol–water partition coefficient (Wildman–Crippen LogP) is 2.61. The molecular formula is C15H16N4. The Morgan fingerprint density at radius 1 is 1.05 bits per heavy atom. The third-order valence-corrected chi connectivity index (χ3v) is 3.17. The molecule has 2 N–H and O–H groups in total. The minimum absolute atomic E-state index is 0.483. The minimum Gasteiger partial charge on any atom is -0.320 e. The normalized spacial score (nSPS) is 11.9. The van der Waals surface area contributed by atoms with Crippen molar-refractivity contribution < 1.29 is 0 Å². The lowest BCUT2D eigenvalue weighted by Crippen LogP contribution is -2.29. The highest BCUT2D eigenvalue weighted by molar-refractivity contribution is 5.89. The van der Waals surface area contributed by atoms with Gasteiger partial charge in [0.15, 0.2) is 0 Å². The summed E-state index contributed by atoms with van der Waals surface area (Å²) in [4.78, 5) is 0. The Morgan fingerprint density at radius 2 is 1.79 bits per heavy atom. The molecule has 0 spiro atoms. The second-order valence-electron chi connectivity index (χ2n) is 5.27. The van der Waals surface area contributed by atoms with Crippen molar-refractivity contribution in [3.63, 3.8) is 0 Å². The van der Waals surface area contributed by atoms with Gasteiger partial charge in [0.05, 0.1) is 17.4 Å². The van der Waals surface area contributed by atoms with Gasteiger partial charge in [-0.3, -0.25) is 0 Å². The van der Waals surface area contributed by atoms with Crippen LogP contribution >= 0.6 is 0 Å². The Labute approximate surface area is 111 Å². The number of nitrogens with zero attached hydrogens (tertiary/aromatic N) is 3. The van der Waals surface area contributed by atoms with Gasteiger partial charge in [-0.2, -0.15) is 0 Å². The van der Waals surface area contributed by atoms with E-state index in [0.29, 0.717) is 0 Å². The van der Waals surface area contributed by atoms with Crippen molar-refractivity contribution in [2.24, 2.45) is 5.73 Å². The van der Waals surface area contributed by atoms with Crippen LogP contribution in [-0.2, 0) is 5.54 Å². The molecule has 19 heavy (non-hydrogen) atoms. The Morgan fingerprint density at radius 3 is 2.53 bits per heavy atom. The number of nitrogens with two attached hydrogens (primary N) is 1. The van der Waals surface area contributed by atoms with Crippen LogP contribution < -0.4 is 5.73 Å². The number of hydrogen-bond donors (Lipinski definition) is 1. The lowest BCUT2D eigenvalue weighted by Gasteiger charge is -2.13. The number of aromatic nitrogens is 3. The van der Waals surface area contributed by atoms with Gasteiger partial charge in [-0.15, -0.1) is 5.10 Å². The number of rotatable bonds is 2. The van der Waals surface area contributed by atoms with E-state index in [1.54, 1.807) is 4.68 Å². The van der Waals surface area contributed by atoms with Gasteiger partial charge in [0.25, 0.3) is 0 Å². The molecule has 3 aromatic rings. The van der Waals surface area contributed by atoms with Crippen LogP contribution in [0.5, 0.6) is 0 Å². The summed E-state index contributed by atoms with van der Waals surface area (Å²) in [5.41, 5.74) is 7.35. The van der Waals surface area contributed by atoms with Crippen molar-refractivity contribution in [3.8, 4) is 5.69 Å². The van der Waals surface area contributed by atoms with Crippen molar-refractivity contribution in [1.29, 1.82) is 0 Å². The lowest BCUT2D eigenvalue weighted by atomic mass is 10.0. The van der Waals surface area contributed by atoms with Crippen LogP contribution in [-0.4, -0.2) is 15.0 Å². The topological polar surface area (TPSA) is 56.7 Å². The molecule has 0 aliphatic carbocycles. The summed E-state index contributed by atoms with van der Waals surface area (Å²) in [5.74, 6) is 0. The molecule has 0 amide bonds. The molecule has 4 heteroatoms. The Kier molecular flexibility index (Phi) is 2.61. The zero-order chi connectivity index (χ0) is 13.5. The molecule has 1 aromatic heterocycles. The summed E-state index contributed by atoms with van der Waals surface area (Å²) in [5, 5.41) is 10.7. The van der Waals surface area contributed by atoms with Crippen molar-refractivity contribution in [2.45, 2.75) is 19.4 Å². The van der Waals surface area contributed by atoms with Crippen molar-refractivity contribution in [3.05, 3.63) is 54.4 Å². The molecule has 0 unspecified atom stereocenters. The molecule has 0 saturated carbocycles. The molecule has 96 valence electrons. The summed E-state index contributed by atoms with van der Waals surface area (Å²) in [6.07, 6.45) is 1.89. The van der Waals surface area contributed by atoms with E-state index in [2.05, 4.69) is 28.5 Å². The van der Waals surface area contributed by atoms with E-state index in [-0.39, 0.29) is 0 Å². The quantitative estimate of drug-likeness (QED) is 0.762. The molecule has 1 heterocycles. The van der Waals surface area contributed by atoms with Gasteiger partial charge in [-0.25, -0.2) is 4.68 Å². The fraction of sp³-hybridized carbons (Fsp3) is 0.200. The second-order valence-corrected chi connectivity index (χ2v) is 5.27. The summed E-state index contributed by atoms with van der Waals surface area (Å²) >= 11 is 0. The first-order valence-corrected chi connectivity index (χ1v) is 6.25. The highest BCUT2D eigenvalue weighted by Crippen LogP contribution is 2.22. The SMILES string of the molecule is CC(C)(N)c1cn(-c2cccc3ccccc23)nn1. The van der Waals surface area contributed by atoms with E-state index >= 15 is 0 Å². The molecule has 0 bridgehead atoms. The van der Waals surface area contributed by atoms with E-state index in [4.69, 9.17) is 5.73 Å². The van der Waals surface area contributed by atoms with Gasteiger partial charge in [0.2, 0.25) is 0 Å². The molecule has 0 aliphatic heterocycles. The third kappa shape index (κ3) is 2.11. The highest BCUT2D eigenvalue weighted by Gasteiger charge is 2.19. The maximum Gasteiger partial charge on any atom is 0.102 e.